The van der Waals surface area contributed by atoms with E-state index in [1.165, 1.54) is 11.1 Å². The number of carboxylic acid groups (broad SMARTS) is 1. The lowest BCUT2D eigenvalue weighted by molar-refractivity contribution is -0.160. The monoisotopic (exact) mass is 571 g/mol. The highest BCUT2D eigenvalue weighted by atomic mass is 16.5. The molecule has 1 N–H and O–H groups in total. The molecule has 0 bridgehead atoms. The first kappa shape index (κ1) is 30.0. The molecule has 1 atom stereocenters. The number of fused-ring (bicyclic) bond motifs is 1. The normalized spacial score (nSPS) is 17.6. The number of nitrogens with zero attached hydrogens (tertiary/aromatic N) is 5. The number of aryl methyl sites for hydroxylation is 3. The summed E-state index contributed by atoms with van der Waals surface area (Å²) < 4.78 is 6.24. The molecule has 1 unspecified atom stereocenters. The third kappa shape index (κ3) is 6.28. The number of anilines is 2. The maximum Gasteiger partial charge on any atom is 0.337 e. The summed E-state index contributed by atoms with van der Waals surface area (Å²) in [4.78, 5) is 31.3. The molecule has 224 valence electrons. The van der Waals surface area contributed by atoms with E-state index in [-0.39, 0.29) is 5.41 Å². The number of piperidine rings is 1. The zero-order valence-corrected chi connectivity index (χ0v) is 26.4. The van der Waals surface area contributed by atoms with Gasteiger partial charge >= 0.3 is 5.97 Å². The molecule has 1 aromatic carbocycles. The average molecular weight is 572 g/mol. The average Bonchev–Trinajstić information content (AvgIpc) is 2.90. The molecule has 0 radical (unpaired) electrons. The molecule has 2 aromatic heterocycles. The summed E-state index contributed by atoms with van der Waals surface area (Å²) in [5.41, 5.74) is 7.53. The fourth-order valence-corrected chi connectivity index (χ4v) is 6.28. The summed E-state index contributed by atoms with van der Waals surface area (Å²) in [5, 5.41) is 10.5. The summed E-state index contributed by atoms with van der Waals surface area (Å²) in [5.74, 6) is 0.735. The Morgan fingerprint density at radius 2 is 1.69 bits per heavy atom. The molecule has 0 saturated carbocycles. The minimum atomic E-state index is -1.12. The highest BCUT2D eigenvalue weighted by molar-refractivity contribution is 5.88. The number of aliphatic carboxylic acids is 1. The van der Waals surface area contributed by atoms with Gasteiger partial charge in [0.1, 0.15) is 11.6 Å². The van der Waals surface area contributed by atoms with Gasteiger partial charge in [-0.2, -0.15) is 0 Å². The number of hydrogen-bond acceptors (Lipinski definition) is 7. The molecular formula is C34H45N5O3. The Morgan fingerprint density at radius 1 is 0.976 bits per heavy atom. The number of carboxylic acids is 1. The van der Waals surface area contributed by atoms with Crippen molar-refractivity contribution in [3.05, 3.63) is 64.4 Å². The van der Waals surface area contributed by atoms with E-state index in [0.29, 0.717) is 11.3 Å². The van der Waals surface area contributed by atoms with Crippen LogP contribution < -0.4 is 9.80 Å². The van der Waals surface area contributed by atoms with E-state index >= 15 is 0 Å². The Labute approximate surface area is 250 Å². The van der Waals surface area contributed by atoms with Gasteiger partial charge in [0.2, 0.25) is 0 Å². The van der Waals surface area contributed by atoms with E-state index in [9.17, 15) is 9.90 Å². The second-order valence-corrected chi connectivity index (χ2v) is 13.6. The molecule has 42 heavy (non-hydrogen) atoms. The van der Waals surface area contributed by atoms with Crippen molar-refractivity contribution in [2.24, 2.45) is 5.41 Å². The number of rotatable bonds is 6. The molecule has 1 saturated heterocycles. The Kier molecular flexibility index (Phi) is 8.05. The number of carbonyl (C=O) groups is 1. The van der Waals surface area contributed by atoms with Crippen LogP contribution in [0.15, 0.2) is 30.5 Å². The Bertz CT molecular complexity index is 1480. The van der Waals surface area contributed by atoms with Crippen molar-refractivity contribution >= 4 is 17.5 Å². The van der Waals surface area contributed by atoms with Crippen LogP contribution in [0.25, 0.3) is 11.1 Å². The topological polar surface area (TPSA) is 91.7 Å². The highest BCUT2D eigenvalue weighted by Crippen LogP contribution is 2.45. The molecule has 0 aliphatic carbocycles. The zero-order chi connectivity index (χ0) is 30.4. The van der Waals surface area contributed by atoms with Crippen LogP contribution in [0.5, 0.6) is 0 Å². The van der Waals surface area contributed by atoms with E-state index in [1.807, 2.05) is 53.8 Å². The lowest BCUT2D eigenvalue weighted by Gasteiger charge is -2.41. The van der Waals surface area contributed by atoms with Crippen LogP contribution >= 0.6 is 0 Å². The summed E-state index contributed by atoms with van der Waals surface area (Å²) in [6.07, 6.45) is 3.66. The first-order valence-corrected chi connectivity index (χ1v) is 15.1. The SMILES string of the molecule is Cc1nccc(N2CCc3cc(-c4c(C)nc(C)c(C(OC(C)(C)C)C(=O)O)c4N4CCC(C)(C)CC4)ccc3C2)n1. The molecule has 2 aliphatic rings. The number of aromatic nitrogens is 3. The quantitative estimate of drug-likeness (QED) is 0.354. The molecule has 2 aliphatic heterocycles. The maximum atomic E-state index is 12.8. The number of ether oxygens (including phenoxy) is 1. The highest BCUT2D eigenvalue weighted by Gasteiger charge is 2.36. The second-order valence-electron chi connectivity index (χ2n) is 13.6. The summed E-state index contributed by atoms with van der Waals surface area (Å²) >= 11 is 0. The van der Waals surface area contributed by atoms with Crippen LogP contribution in [-0.4, -0.2) is 51.3 Å². The molecule has 0 spiro atoms. The van der Waals surface area contributed by atoms with Crippen molar-refractivity contribution in [2.75, 3.05) is 29.4 Å². The van der Waals surface area contributed by atoms with Gasteiger partial charge in [0.15, 0.2) is 6.10 Å². The number of hydrogen-bond donors (Lipinski definition) is 1. The molecule has 8 nitrogen and oxygen atoms in total. The maximum absolute atomic E-state index is 12.8. The minimum Gasteiger partial charge on any atom is -0.479 e. The summed E-state index contributed by atoms with van der Waals surface area (Å²) in [6, 6.07) is 8.65. The van der Waals surface area contributed by atoms with Crippen LogP contribution in [0, 0.1) is 26.2 Å². The van der Waals surface area contributed by atoms with Crippen LogP contribution in [0.1, 0.15) is 87.5 Å². The molecule has 0 amide bonds. The third-order valence-electron chi connectivity index (χ3n) is 8.56. The van der Waals surface area contributed by atoms with Crippen molar-refractivity contribution in [3.63, 3.8) is 0 Å². The molecular weight excluding hydrogens is 526 g/mol. The van der Waals surface area contributed by atoms with Crippen molar-refractivity contribution < 1.29 is 14.6 Å². The molecule has 3 aromatic rings. The predicted octanol–water partition coefficient (Wildman–Crippen LogP) is 6.59. The predicted molar refractivity (Wildman–Crippen MR) is 167 cm³/mol. The Morgan fingerprint density at radius 3 is 2.33 bits per heavy atom. The van der Waals surface area contributed by atoms with Crippen molar-refractivity contribution in [2.45, 2.75) is 92.9 Å². The Hall–Kier alpha value is -3.52. The van der Waals surface area contributed by atoms with E-state index in [4.69, 9.17) is 9.72 Å². The lowest BCUT2D eigenvalue weighted by atomic mass is 9.81. The van der Waals surface area contributed by atoms with Gasteiger partial charge < -0.3 is 19.6 Å². The minimum absolute atomic E-state index is 0.252. The van der Waals surface area contributed by atoms with Gasteiger partial charge in [0.05, 0.1) is 11.3 Å². The number of benzene rings is 1. The van der Waals surface area contributed by atoms with Gasteiger partial charge in [-0.15, -0.1) is 0 Å². The van der Waals surface area contributed by atoms with Crippen LogP contribution in [-0.2, 0) is 22.5 Å². The fraction of sp³-hybridized carbons (Fsp3) is 0.529. The smallest absolute Gasteiger partial charge is 0.337 e. The van der Waals surface area contributed by atoms with Crippen LogP contribution in [0.4, 0.5) is 11.5 Å². The van der Waals surface area contributed by atoms with E-state index in [2.05, 4.69) is 51.8 Å². The molecule has 1 fully saturated rings. The van der Waals surface area contributed by atoms with E-state index in [0.717, 1.165) is 79.6 Å². The van der Waals surface area contributed by atoms with Crippen molar-refractivity contribution in [3.8, 4) is 11.1 Å². The first-order chi connectivity index (χ1) is 19.7. The summed E-state index contributed by atoms with van der Waals surface area (Å²) in [7, 11) is 0. The van der Waals surface area contributed by atoms with Gasteiger partial charge in [-0.3, -0.25) is 4.98 Å². The van der Waals surface area contributed by atoms with Gasteiger partial charge in [-0.25, -0.2) is 14.8 Å². The Balaban J connectivity index is 1.62. The third-order valence-corrected chi connectivity index (χ3v) is 8.56. The first-order valence-electron chi connectivity index (χ1n) is 15.1. The largest absolute Gasteiger partial charge is 0.479 e. The molecule has 5 rings (SSSR count). The standard InChI is InChI=1S/C34H45N5O3/c1-21-28(25-9-10-26-20-39(16-12-24(26)19-25)27-11-15-35-23(3)37-27)30(38-17-13-34(7,8)14-18-38)29(22(2)36-21)31(32(40)41)42-33(4,5)6/h9-11,15,19,31H,12-14,16-18,20H2,1-8H3,(H,40,41). The van der Waals surface area contributed by atoms with E-state index < -0.39 is 17.7 Å². The van der Waals surface area contributed by atoms with Gasteiger partial charge in [0, 0.05) is 54.9 Å². The van der Waals surface area contributed by atoms with Crippen LogP contribution in [0.2, 0.25) is 0 Å². The zero-order valence-electron chi connectivity index (χ0n) is 26.4. The van der Waals surface area contributed by atoms with Crippen LogP contribution in [0.3, 0.4) is 0 Å². The van der Waals surface area contributed by atoms with E-state index in [1.54, 1.807) is 0 Å². The van der Waals surface area contributed by atoms with Gasteiger partial charge in [-0.1, -0.05) is 32.0 Å². The lowest BCUT2D eigenvalue weighted by Crippen LogP contribution is -2.39. The van der Waals surface area contributed by atoms with Gasteiger partial charge in [0.25, 0.3) is 0 Å². The van der Waals surface area contributed by atoms with Crippen molar-refractivity contribution in [1.82, 2.24) is 15.0 Å². The molecule has 8 heteroatoms. The van der Waals surface area contributed by atoms with Crippen molar-refractivity contribution in [1.29, 1.82) is 0 Å². The van der Waals surface area contributed by atoms with Gasteiger partial charge in [-0.05, 0) is 89.0 Å². The second kappa shape index (κ2) is 11.3. The summed E-state index contributed by atoms with van der Waals surface area (Å²) in [6.45, 7) is 19.6. The fourth-order valence-electron chi connectivity index (χ4n) is 6.28. The number of pyridine rings is 1. The molecule has 4 heterocycles.